The van der Waals surface area contributed by atoms with E-state index in [2.05, 4.69) is 52.2 Å². The molecule has 0 saturated heterocycles. The van der Waals surface area contributed by atoms with Gasteiger partial charge in [0.2, 0.25) is 11.8 Å². The summed E-state index contributed by atoms with van der Waals surface area (Å²) in [6, 6.07) is 8.93. The standard InChI is InChI=1S/C32H43F3N2O3/c1-29(2,3)24-17-22(18-25(27(24)40-7)30(4,5)6)19-26(38)37-31(14-9-8-10-15-31)28(39)36-20-21-12-11-13-23(16-21)32(33,34)35/h11-13,16-18H,8-10,14-15,19-20H2,1-7H3,(H,36,39)(H,37,38). The Kier molecular flexibility index (Phi) is 9.32. The van der Waals surface area contributed by atoms with Crippen LogP contribution in [0, 0.1) is 0 Å². The highest BCUT2D eigenvalue weighted by atomic mass is 19.4. The first-order valence-electron chi connectivity index (χ1n) is 13.9. The number of carbonyl (C=O) groups is 2. The van der Waals surface area contributed by atoms with Crippen LogP contribution in [0.25, 0.3) is 0 Å². The molecular formula is C32H43F3N2O3. The molecular weight excluding hydrogens is 517 g/mol. The van der Waals surface area contributed by atoms with E-state index in [1.807, 2.05) is 12.1 Å². The Balaban J connectivity index is 1.83. The molecule has 2 aromatic rings. The monoisotopic (exact) mass is 560 g/mol. The SMILES string of the molecule is COc1c(C(C)(C)C)cc(CC(=O)NC2(C(=O)NCc3cccc(C(F)(F)F)c3)CCCCC2)cc1C(C)(C)C. The Morgan fingerprint density at radius 1 is 0.875 bits per heavy atom. The van der Waals surface area contributed by atoms with Gasteiger partial charge in [0.05, 0.1) is 19.1 Å². The molecule has 0 spiro atoms. The van der Waals surface area contributed by atoms with Crippen molar-refractivity contribution in [3.63, 3.8) is 0 Å². The van der Waals surface area contributed by atoms with Crippen molar-refractivity contribution >= 4 is 11.8 Å². The van der Waals surface area contributed by atoms with Crippen molar-refractivity contribution in [1.82, 2.24) is 10.6 Å². The lowest BCUT2D eigenvalue weighted by atomic mass is 9.78. The average molecular weight is 561 g/mol. The highest BCUT2D eigenvalue weighted by Gasteiger charge is 2.41. The summed E-state index contributed by atoms with van der Waals surface area (Å²) in [7, 11) is 1.66. The van der Waals surface area contributed by atoms with Gasteiger partial charge in [0, 0.05) is 17.7 Å². The molecule has 8 heteroatoms. The van der Waals surface area contributed by atoms with Crippen molar-refractivity contribution in [3.05, 3.63) is 64.2 Å². The maximum atomic E-state index is 13.5. The molecule has 2 N–H and O–H groups in total. The smallest absolute Gasteiger partial charge is 0.416 e. The van der Waals surface area contributed by atoms with Gasteiger partial charge in [-0.2, -0.15) is 13.2 Å². The van der Waals surface area contributed by atoms with Gasteiger partial charge in [-0.15, -0.1) is 0 Å². The predicted molar refractivity (Wildman–Crippen MR) is 151 cm³/mol. The van der Waals surface area contributed by atoms with Crippen LogP contribution in [0.5, 0.6) is 5.75 Å². The first-order chi connectivity index (χ1) is 18.5. The number of hydrogen-bond donors (Lipinski definition) is 2. The normalized spacial score (nSPS) is 15.8. The van der Waals surface area contributed by atoms with Gasteiger partial charge in [0.1, 0.15) is 11.3 Å². The molecule has 40 heavy (non-hydrogen) atoms. The number of alkyl halides is 3. The summed E-state index contributed by atoms with van der Waals surface area (Å²) in [4.78, 5) is 26.9. The minimum Gasteiger partial charge on any atom is -0.496 e. The molecule has 5 nitrogen and oxygen atoms in total. The molecule has 2 amide bonds. The second kappa shape index (κ2) is 11.8. The van der Waals surface area contributed by atoms with Crippen LogP contribution in [-0.4, -0.2) is 24.5 Å². The van der Waals surface area contributed by atoms with Gasteiger partial charge in [-0.25, -0.2) is 0 Å². The fourth-order valence-electron chi connectivity index (χ4n) is 5.39. The molecule has 0 heterocycles. The summed E-state index contributed by atoms with van der Waals surface area (Å²) in [5.74, 6) is 0.196. The molecule has 1 fully saturated rings. The number of hydrogen-bond acceptors (Lipinski definition) is 3. The van der Waals surface area contributed by atoms with Crippen LogP contribution in [0.3, 0.4) is 0 Å². The maximum Gasteiger partial charge on any atom is 0.416 e. The van der Waals surface area contributed by atoms with Crippen LogP contribution in [0.1, 0.15) is 101 Å². The minimum atomic E-state index is -4.46. The Morgan fingerprint density at radius 2 is 1.45 bits per heavy atom. The van der Waals surface area contributed by atoms with Gasteiger partial charge >= 0.3 is 6.18 Å². The number of ether oxygens (including phenoxy) is 1. The van der Waals surface area contributed by atoms with Crippen molar-refractivity contribution in [2.75, 3.05) is 7.11 Å². The van der Waals surface area contributed by atoms with E-state index in [9.17, 15) is 22.8 Å². The molecule has 220 valence electrons. The first kappa shape index (κ1) is 31.5. The summed E-state index contributed by atoms with van der Waals surface area (Å²) < 4.78 is 45.2. The Hall–Kier alpha value is -3.03. The predicted octanol–water partition coefficient (Wildman–Crippen LogP) is 6.99. The van der Waals surface area contributed by atoms with Gasteiger partial charge in [-0.05, 0) is 46.9 Å². The summed E-state index contributed by atoms with van der Waals surface area (Å²) in [6.45, 7) is 12.6. The van der Waals surface area contributed by atoms with Gasteiger partial charge in [-0.3, -0.25) is 9.59 Å². The number of halogens is 3. The van der Waals surface area contributed by atoms with E-state index in [1.54, 1.807) is 13.2 Å². The van der Waals surface area contributed by atoms with Crippen LogP contribution in [-0.2, 0) is 39.6 Å². The molecule has 1 aliphatic carbocycles. The van der Waals surface area contributed by atoms with Crippen LogP contribution < -0.4 is 15.4 Å². The molecule has 0 bridgehead atoms. The third-order valence-electron chi connectivity index (χ3n) is 7.56. The Morgan fingerprint density at radius 3 is 1.95 bits per heavy atom. The number of amides is 2. The lowest BCUT2D eigenvalue weighted by Crippen LogP contribution is -2.59. The second-order valence-corrected chi connectivity index (χ2v) is 13.0. The van der Waals surface area contributed by atoms with Gasteiger partial charge in [-0.1, -0.05) is 85.1 Å². The van der Waals surface area contributed by atoms with E-state index in [-0.39, 0.29) is 35.6 Å². The quantitative estimate of drug-likeness (QED) is 0.384. The van der Waals surface area contributed by atoms with Crippen molar-refractivity contribution in [2.24, 2.45) is 0 Å². The van der Waals surface area contributed by atoms with E-state index in [0.717, 1.165) is 53.8 Å². The molecule has 0 aliphatic heterocycles. The van der Waals surface area contributed by atoms with Crippen LogP contribution in [0.2, 0.25) is 0 Å². The molecule has 1 saturated carbocycles. The van der Waals surface area contributed by atoms with Crippen LogP contribution in [0.4, 0.5) is 13.2 Å². The number of carbonyl (C=O) groups excluding carboxylic acids is 2. The molecule has 0 unspecified atom stereocenters. The van der Waals surface area contributed by atoms with Gasteiger partial charge in [0.25, 0.3) is 0 Å². The number of benzene rings is 2. The van der Waals surface area contributed by atoms with E-state index in [0.29, 0.717) is 18.4 Å². The average Bonchev–Trinajstić information content (AvgIpc) is 2.85. The highest BCUT2D eigenvalue weighted by Crippen LogP contribution is 2.41. The summed E-state index contributed by atoms with van der Waals surface area (Å²) in [5, 5.41) is 5.83. The van der Waals surface area contributed by atoms with Crippen molar-refractivity contribution in [3.8, 4) is 5.75 Å². The van der Waals surface area contributed by atoms with Crippen molar-refractivity contribution in [1.29, 1.82) is 0 Å². The summed E-state index contributed by atoms with van der Waals surface area (Å²) in [5.41, 5.74) is 0.920. The van der Waals surface area contributed by atoms with E-state index >= 15 is 0 Å². The Labute approximate surface area is 236 Å². The molecule has 1 aliphatic rings. The number of nitrogens with one attached hydrogen (secondary N) is 2. The lowest BCUT2D eigenvalue weighted by Gasteiger charge is -2.37. The largest absolute Gasteiger partial charge is 0.496 e. The minimum absolute atomic E-state index is 0.0528. The van der Waals surface area contributed by atoms with Crippen molar-refractivity contribution < 1.29 is 27.5 Å². The highest BCUT2D eigenvalue weighted by molar-refractivity contribution is 5.92. The zero-order valence-electron chi connectivity index (χ0n) is 24.8. The summed E-state index contributed by atoms with van der Waals surface area (Å²) >= 11 is 0. The third-order valence-corrected chi connectivity index (χ3v) is 7.56. The molecule has 0 atom stereocenters. The van der Waals surface area contributed by atoms with E-state index in [1.165, 1.54) is 6.07 Å². The number of rotatable bonds is 7. The first-order valence-corrected chi connectivity index (χ1v) is 13.9. The van der Waals surface area contributed by atoms with Gasteiger partial charge < -0.3 is 15.4 Å². The fraction of sp³-hybridized carbons (Fsp3) is 0.562. The lowest BCUT2D eigenvalue weighted by molar-refractivity contribution is -0.137. The molecule has 2 aromatic carbocycles. The van der Waals surface area contributed by atoms with E-state index in [4.69, 9.17) is 4.74 Å². The van der Waals surface area contributed by atoms with Crippen LogP contribution >= 0.6 is 0 Å². The maximum absolute atomic E-state index is 13.5. The van der Waals surface area contributed by atoms with Gasteiger partial charge in [0.15, 0.2) is 0 Å². The molecule has 3 rings (SSSR count). The molecule has 0 radical (unpaired) electrons. The zero-order chi connectivity index (χ0) is 29.9. The van der Waals surface area contributed by atoms with E-state index < -0.39 is 17.3 Å². The Bertz CT molecular complexity index is 1180. The third kappa shape index (κ3) is 7.58. The number of methoxy groups -OCH3 is 1. The second-order valence-electron chi connectivity index (χ2n) is 13.0. The summed E-state index contributed by atoms with van der Waals surface area (Å²) in [6.07, 6.45) is -0.879. The van der Waals surface area contributed by atoms with Crippen LogP contribution in [0.15, 0.2) is 36.4 Å². The topological polar surface area (TPSA) is 67.4 Å². The van der Waals surface area contributed by atoms with Crippen molar-refractivity contribution in [2.45, 2.75) is 109 Å². The fourth-order valence-corrected chi connectivity index (χ4v) is 5.39. The zero-order valence-corrected chi connectivity index (χ0v) is 24.8. The molecule has 0 aromatic heterocycles.